The summed E-state index contributed by atoms with van der Waals surface area (Å²) in [6.07, 6.45) is 3.52. The molecule has 1 aliphatic heterocycles. The van der Waals surface area contributed by atoms with Crippen LogP contribution < -0.4 is 4.74 Å². The first-order valence-corrected chi connectivity index (χ1v) is 9.55. The maximum atomic E-state index is 13.0. The molecule has 1 unspecified atom stereocenters. The number of H-pyrrole nitrogens is 1. The summed E-state index contributed by atoms with van der Waals surface area (Å²) in [5.74, 6) is 0.944. The van der Waals surface area contributed by atoms with Crippen LogP contribution in [0.15, 0.2) is 36.0 Å². The molecule has 1 atom stereocenters. The van der Waals surface area contributed by atoms with Crippen LogP contribution in [0.5, 0.6) is 5.75 Å². The van der Waals surface area contributed by atoms with Gasteiger partial charge in [-0.05, 0) is 37.1 Å². The molecule has 4 rings (SSSR count). The van der Waals surface area contributed by atoms with E-state index in [-0.39, 0.29) is 24.2 Å². The first-order valence-electron chi connectivity index (χ1n) is 8.67. The van der Waals surface area contributed by atoms with Gasteiger partial charge in [0, 0.05) is 11.9 Å². The fourth-order valence-corrected chi connectivity index (χ4v) is 3.89. The van der Waals surface area contributed by atoms with Crippen LogP contribution in [0.4, 0.5) is 4.39 Å². The van der Waals surface area contributed by atoms with Crippen LogP contribution in [0.1, 0.15) is 18.5 Å². The third-order valence-corrected chi connectivity index (χ3v) is 5.35. The van der Waals surface area contributed by atoms with Crippen molar-refractivity contribution in [3.05, 3.63) is 47.5 Å². The van der Waals surface area contributed by atoms with Crippen LogP contribution in [-0.4, -0.2) is 50.2 Å². The van der Waals surface area contributed by atoms with Crippen molar-refractivity contribution in [2.45, 2.75) is 25.3 Å². The minimum Gasteiger partial charge on any atom is -0.491 e. The van der Waals surface area contributed by atoms with Crippen LogP contribution in [0.3, 0.4) is 0 Å². The van der Waals surface area contributed by atoms with Gasteiger partial charge in [-0.15, -0.1) is 11.3 Å². The molecule has 3 heterocycles. The van der Waals surface area contributed by atoms with Gasteiger partial charge in [0.25, 0.3) is 0 Å². The van der Waals surface area contributed by atoms with E-state index in [0.717, 1.165) is 25.1 Å². The van der Waals surface area contributed by atoms with E-state index < -0.39 is 0 Å². The van der Waals surface area contributed by atoms with Gasteiger partial charge in [0.15, 0.2) is 10.8 Å². The summed E-state index contributed by atoms with van der Waals surface area (Å²) in [5.41, 5.74) is 0.724. The number of rotatable bonds is 6. The molecule has 7 nitrogen and oxygen atoms in total. The number of hydrogen-bond donors (Lipinski definition) is 1. The number of carbonyl (C=O) groups is 1. The Labute approximate surface area is 159 Å². The Morgan fingerprint density at radius 2 is 2.22 bits per heavy atom. The second-order valence-electron chi connectivity index (χ2n) is 6.30. The second kappa shape index (κ2) is 7.83. The molecule has 1 fully saturated rings. The molecule has 140 valence electrons. The Balaban J connectivity index is 1.35. The average molecular weight is 387 g/mol. The Kier molecular flexibility index (Phi) is 5.10. The van der Waals surface area contributed by atoms with Crippen LogP contribution in [0, 0.1) is 5.82 Å². The second-order valence-corrected chi connectivity index (χ2v) is 7.16. The highest BCUT2D eigenvalue weighted by atomic mass is 32.1. The molecule has 1 aromatic carbocycles. The number of hydrogen-bond acceptors (Lipinski definition) is 6. The molecule has 0 saturated carbocycles. The Morgan fingerprint density at radius 1 is 1.37 bits per heavy atom. The summed E-state index contributed by atoms with van der Waals surface area (Å²) in [6, 6.07) is 5.94. The molecule has 1 aliphatic rings. The highest BCUT2D eigenvalue weighted by Gasteiger charge is 2.29. The molecule has 1 saturated heterocycles. The fraction of sp³-hybridized carbons (Fsp3) is 0.333. The van der Waals surface area contributed by atoms with E-state index in [1.165, 1.54) is 29.8 Å². The SMILES string of the molecule is O=C(Cc1csc(-c2ncn[nH]2)n1)N1CCCC1COc1ccc(F)cc1. The largest absolute Gasteiger partial charge is 0.491 e. The number of thiazole rings is 1. The lowest BCUT2D eigenvalue weighted by molar-refractivity contribution is -0.131. The van der Waals surface area contributed by atoms with Gasteiger partial charge in [0.1, 0.15) is 24.5 Å². The van der Waals surface area contributed by atoms with Crippen molar-refractivity contribution in [1.29, 1.82) is 0 Å². The fourth-order valence-electron chi connectivity index (χ4n) is 3.12. The highest BCUT2D eigenvalue weighted by molar-refractivity contribution is 7.13. The number of likely N-dealkylation sites (tertiary alicyclic amines) is 1. The first-order chi connectivity index (χ1) is 13.2. The lowest BCUT2D eigenvalue weighted by Gasteiger charge is -2.24. The number of nitrogens with zero attached hydrogens (tertiary/aromatic N) is 4. The third-order valence-electron chi connectivity index (χ3n) is 4.46. The van der Waals surface area contributed by atoms with Gasteiger partial charge in [-0.1, -0.05) is 0 Å². The van der Waals surface area contributed by atoms with E-state index in [4.69, 9.17) is 4.74 Å². The lowest BCUT2D eigenvalue weighted by Crippen LogP contribution is -2.39. The van der Waals surface area contributed by atoms with Gasteiger partial charge in [0.05, 0.1) is 18.2 Å². The summed E-state index contributed by atoms with van der Waals surface area (Å²) < 4.78 is 18.7. The van der Waals surface area contributed by atoms with E-state index in [1.54, 1.807) is 12.1 Å². The average Bonchev–Trinajstić information content (AvgIpc) is 3.42. The quantitative estimate of drug-likeness (QED) is 0.703. The predicted octanol–water partition coefficient (Wildman–Crippen LogP) is 2.68. The van der Waals surface area contributed by atoms with Crippen molar-refractivity contribution in [3.63, 3.8) is 0 Å². The molecular weight excluding hydrogens is 369 g/mol. The number of nitrogens with one attached hydrogen (secondary N) is 1. The number of aromatic amines is 1. The van der Waals surface area contributed by atoms with Crippen molar-refractivity contribution in [1.82, 2.24) is 25.1 Å². The number of aromatic nitrogens is 4. The zero-order chi connectivity index (χ0) is 18.6. The zero-order valence-corrected chi connectivity index (χ0v) is 15.3. The smallest absolute Gasteiger partial charge is 0.228 e. The van der Waals surface area contributed by atoms with Gasteiger partial charge < -0.3 is 9.64 Å². The number of ether oxygens (including phenoxy) is 1. The third kappa shape index (κ3) is 4.13. The van der Waals surface area contributed by atoms with Gasteiger partial charge in [-0.3, -0.25) is 9.89 Å². The maximum Gasteiger partial charge on any atom is 0.228 e. The minimum absolute atomic E-state index is 0.0231. The normalized spacial score (nSPS) is 16.6. The van der Waals surface area contributed by atoms with Crippen molar-refractivity contribution in [3.8, 4) is 16.6 Å². The Hall–Kier alpha value is -2.81. The van der Waals surface area contributed by atoms with Crippen LogP contribution in [0.25, 0.3) is 10.8 Å². The topological polar surface area (TPSA) is 84.0 Å². The van der Waals surface area contributed by atoms with Crippen molar-refractivity contribution >= 4 is 17.2 Å². The van der Waals surface area contributed by atoms with Gasteiger partial charge in [-0.2, -0.15) is 5.10 Å². The summed E-state index contributed by atoms with van der Waals surface area (Å²) in [4.78, 5) is 23.1. The predicted molar refractivity (Wildman–Crippen MR) is 97.8 cm³/mol. The van der Waals surface area contributed by atoms with Gasteiger partial charge >= 0.3 is 0 Å². The Bertz CT molecular complexity index is 897. The van der Waals surface area contributed by atoms with E-state index >= 15 is 0 Å². The Morgan fingerprint density at radius 3 is 3.00 bits per heavy atom. The number of benzene rings is 1. The number of halogens is 1. The zero-order valence-electron chi connectivity index (χ0n) is 14.5. The molecule has 0 spiro atoms. The summed E-state index contributed by atoms with van der Waals surface area (Å²) >= 11 is 1.43. The maximum absolute atomic E-state index is 13.0. The first kappa shape index (κ1) is 17.6. The van der Waals surface area contributed by atoms with Crippen LogP contribution in [-0.2, 0) is 11.2 Å². The van der Waals surface area contributed by atoms with Crippen molar-refractivity contribution < 1.29 is 13.9 Å². The molecule has 27 heavy (non-hydrogen) atoms. The summed E-state index contributed by atoms with van der Waals surface area (Å²) in [5, 5.41) is 9.17. The van der Waals surface area contributed by atoms with Crippen LogP contribution in [0.2, 0.25) is 0 Å². The van der Waals surface area contributed by atoms with E-state index in [0.29, 0.717) is 23.2 Å². The van der Waals surface area contributed by atoms with Gasteiger partial charge in [-0.25, -0.2) is 14.4 Å². The molecule has 1 N–H and O–H groups in total. The van der Waals surface area contributed by atoms with E-state index in [9.17, 15) is 9.18 Å². The highest BCUT2D eigenvalue weighted by Crippen LogP contribution is 2.23. The minimum atomic E-state index is -0.298. The molecule has 0 aliphatic carbocycles. The number of carbonyl (C=O) groups excluding carboxylic acids is 1. The molecule has 2 aromatic heterocycles. The van der Waals surface area contributed by atoms with Gasteiger partial charge in [0.2, 0.25) is 5.91 Å². The number of amides is 1. The molecule has 1 amide bonds. The van der Waals surface area contributed by atoms with Crippen molar-refractivity contribution in [2.24, 2.45) is 0 Å². The molecule has 3 aromatic rings. The molecule has 0 radical (unpaired) electrons. The van der Waals surface area contributed by atoms with E-state index in [2.05, 4.69) is 20.2 Å². The summed E-state index contributed by atoms with van der Waals surface area (Å²) in [7, 11) is 0. The monoisotopic (exact) mass is 387 g/mol. The standard InChI is InChI=1S/C18H18FN5O2S/c19-12-3-5-15(6-4-12)26-9-14-2-1-7-24(14)16(25)8-13-10-27-18(22-13)17-20-11-21-23-17/h3-6,10-11,14H,1-2,7-9H2,(H,20,21,23). The lowest BCUT2D eigenvalue weighted by atomic mass is 10.2. The summed E-state index contributed by atoms with van der Waals surface area (Å²) in [6.45, 7) is 1.12. The van der Waals surface area contributed by atoms with Crippen molar-refractivity contribution in [2.75, 3.05) is 13.2 Å². The van der Waals surface area contributed by atoms with E-state index in [1.807, 2.05) is 10.3 Å². The molecule has 0 bridgehead atoms. The molecular formula is C18H18FN5O2S. The van der Waals surface area contributed by atoms with Crippen LogP contribution >= 0.6 is 11.3 Å². The molecule has 9 heteroatoms.